The fraction of sp³-hybridized carbons (Fsp3) is 0.417. The van der Waals surface area contributed by atoms with E-state index in [0.29, 0.717) is 12.2 Å². The maximum absolute atomic E-state index is 11.4. The Hall–Kier alpha value is -2.11. The van der Waals surface area contributed by atoms with Crippen LogP contribution < -0.4 is 16.4 Å². The van der Waals surface area contributed by atoms with Crippen LogP contribution >= 0.6 is 0 Å². The Kier molecular flexibility index (Phi) is 6.24. The highest BCUT2D eigenvalue weighted by molar-refractivity contribution is 5.96. The first-order chi connectivity index (χ1) is 8.72. The second-order valence-electron chi connectivity index (χ2n) is 3.79. The van der Waals surface area contributed by atoms with Crippen LogP contribution in [-0.4, -0.2) is 23.5 Å². The first-order valence-corrected chi connectivity index (χ1v) is 6.01. The smallest absolute Gasteiger partial charge is 0.321 e. The number of urea groups is 1. The molecule has 0 unspecified atom stereocenters. The molecule has 6 nitrogen and oxygen atoms in total. The molecule has 1 heterocycles. The van der Waals surface area contributed by atoms with E-state index < -0.39 is 0 Å². The lowest BCUT2D eigenvalue weighted by molar-refractivity contribution is 0.245. The van der Waals surface area contributed by atoms with Crippen LogP contribution in [-0.2, 0) is 0 Å². The number of carbonyl (C=O) groups is 1. The molecular weight excluding hydrogens is 230 g/mol. The van der Waals surface area contributed by atoms with Gasteiger partial charge in [0, 0.05) is 18.9 Å². The van der Waals surface area contributed by atoms with E-state index in [1.54, 1.807) is 24.5 Å². The number of carbonyl (C=O) groups excluding carboxylic acids is 1. The molecule has 6 heteroatoms. The summed E-state index contributed by atoms with van der Waals surface area (Å²) in [6.45, 7) is 2.75. The molecule has 4 N–H and O–H groups in total. The Balaban J connectivity index is 2.33. The molecule has 0 saturated heterocycles. The lowest BCUT2D eigenvalue weighted by Crippen LogP contribution is -2.43. The molecule has 18 heavy (non-hydrogen) atoms. The van der Waals surface area contributed by atoms with E-state index in [-0.39, 0.29) is 12.0 Å². The molecule has 0 bridgehead atoms. The summed E-state index contributed by atoms with van der Waals surface area (Å²) in [7, 11) is 0. The van der Waals surface area contributed by atoms with Gasteiger partial charge in [-0.15, -0.1) is 0 Å². The Morgan fingerprint density at radius 1 is 1.39 bits per heavy atom. The maximum Gasteiger partial charge on any atom is 0.321 e. The standard InChI is InChI=1S/C12H19N5O/c1-2-3-4-7-15-12(18)17-11(13)16-10-5-8-14-9-6-10/h5-6,8-9H,2-4,7H2,1H3,(H4,13,14,15,16,17,18). The molecule has 0 aliphatic rings. The van der Waals surface area contributed by atoms with Gasteiger partial charge in [0.2, 0.25) is 5.96 Å². The number of nitrogens with two attached hydrogens (primary N) is 1. The number of hydrogen-bond donors (Lipinski definition) is 3. The summed E-state index contributed by atoms with van der Waals surface area (Å²) >= 11 is 0. The first kappa shape index (κ1) is 14.0. The lowest BCUT2D eigenvalue weighted by Gasteiger charge is -2.06. The van der Waals surface area contributed by atoms with E-state index in [2.05, 4.69) is 27.5 Å². The highest BCUT2D eigenvalue weighted by atomic mass is 16.2. The van der Waals surface area contributed by atoms with E-state index in [1.807, 2.05) is 0 Å². The summed E-state index contributed by atoms with van der Waals surface area (Å²) in [5.41, 5.74) is 6.24. The molecule has 0 aliphatic heterocycles. The number of unbranched alkanes of at least 4 members (excludes halogenated alkanes) is 2. The monoisotopic (exact) mass is 249 g/mol. The zero-order valence-corrected chi connectivity index (χ0v) is 10.5. The van der Waals surface area contributed by atoms with Gasteiger partial charge in [0.25, 0.3) is 0 Å². The van der Waals surface area contributed by atoms with Crippen LogP contribution in [0, 0.1) is 0 Å². The van der Waals surface area contributed by atoms with E-state index in [0.717, 1.165) is 19.3 Å². The van der Waals surface area contributed by atoms with Crippen molar-refractivity contribution in [3.63, 3.8) is 0 Å². The number of pyridine rings is 1. The molecule has 0 aliphatic carbocycles. The van der Waals surface area contributed by atoms with Gasteiger partial charge in [-0.3, -0.25) is 10.3 Å². The van der Waals surface area contributed by atoms with Crippen LogP contribution in [0.5, 0.6) is 0 Å². The number of nitrogens with zero attached hydrogens (tertiary/aromatic N) is 2. The Bertz CT molecular complexity index is 391. The van der Waals surface area contributed by atoms with Crippen molar-refractivity contribution < 1.29 is 4.79 Å². The van der Waals surface area contributed by atoms with E-state index in [1.165, 1.54) is 0 Å². The normalized spacial score (nSPS) is 11.1. The predicted octanol–water partition coefficient (Wildman–Crippen LogP) is 1.52. The summed E-state index contributed by atoms with van der Waals surface area (Å²) in [6.07, 6.45) is 6.40. The van der Waals surface area contributed by atoms with Gasteiger partial charge in [0.1, 0.15) is 0 Å². The van der Waals surface area contributed by atoms with Crippen LogP contribution in [0.1, 0.15) is 26.2 Å². The summed E-state index contributed by atoms with van der Waals surface area (Å²) in [5, 5.41) is 5.17. The number of aliphatic imine (C=N–C) groups is 1. The maximum atomic E-state index is 11.4. The fourth-order valence-electron chi connectivity index (χ4n) is 1.32. The summed E-state index contributed by atoms with van der Waals surface area (Å²) in [6, 6.07) is 3.07. The molecule has 0 aromatic carbocycles. The molecule has 0 atom stereocenters. The largest absolute Gasteiger partial charge is 0.369 e. The zero-order chi connectivity index (χ0) is 13.2. The van der Waals surface area contributed by atoms with Crippen molar-refractivity contribution in [1.29, 1.82) is 0 Å². The molecule has 0 radical (unpaired) electrons. The average molecular weight is 249 g/mol. The molecule has 0 fully saturated rings. The number of aromatic nitrogens is 1. The van der Waals surface area contributed by atoms with Crippen molar-refractivity contribution in [2.24, 2.45) is 10.7 Å². The number of rotatable bonds is 5. The van der Waals surface area contributed by atoms with Crippen LogP contribution in [0.15, 0.2) is 29.5 Å². The fourth-order valence-corrected chi connectivity index (χ4v) is 1.32. The van der Waals surface area contributed by atoms with Gasteiger partial charge in [-0.05, 0) is 18.6 Å². The number of guanidine groups is 1. The van der Waals surface area contributed by atoms with Gasteiger partial charge in [-0.2, -0.15) is 0 Å². The predicted molar refractivity (Wildman–Crippen MR) is 71.6 cm³/mol. The highest BCUT2D eigenvalue weighted by Gasteiger charge is 2.01. The van der Waals surface area contributed by atoms with Crippen molar-refractivity contribution in [3.8, 4) is 0 Å². The van der Waals surface area contributed by atoms with Crippen molar-refractivity contribution in [2.45, 2.75) is 26.2 Å². The van der Waals surface area contributed by atoms with Crippen molar-refractivity contribution in [3.05, 3.63) is 24.5 Å². The third kappa shape index (κ3) is 5.83. The summed E-state index contributed by atoms with van der Waals surface area (Å²) < 4.78 is 0. The van der Waals surface area contributed by atoms with Crippen LogP contribution in [0.2, 0.25) is 0 Å². The SMILES string of the molecule is CCCCCNC(=O)NC(N)=Nc1ccncc1. The van der Waals surface area contributed by atoms with Gasteiger partial charge in [-0.1, -0.05) is 19.8 Å². The van der Waals surface area contributed by atoms with Crippen molar-refractivity contribution in [1.82, 2.24) is 15.6 Å². The molecule has 1 aromatic heterocycles. The number of nitrogens with one attached hydrogen (secondary N) is 2. The quantitative estimate of drug-likeness (QED) is 0.419. The molecule has 98 valence electrons. The minimum atomic E-state index is -0.332. The third-order valence-electron chi connectivity index (χ3n) is 2.22. The zero-order valence-electron chi connectivity index (χ0n) is 10.5. The topological polar surface area (TPSA) is 92.4 Å². The second-order valence-corrected chi connectivity index (χ2v) is 3.79. The minimum absolute atomic E-state index is 0.0641. The van der Waals surface area contributed by atoms with Crippen LogP contribution in [0.3, 0.4) is 0 Å². The molecule has 1 aromatic rings. The van der Waals surface area contributed by atoms with Gasteiger partial charge < -0.3 is 11.1 Å². The molecule has 1 rings (SSSR count). The Morgan fingerprint density at radius 2 is 2.11 bits per heavy atom. The van der Waals surface area contributed by atoms with Gasteiger partial charge in [-0.25, -0.2) is 9.79 Å². The van der Waals surface area contributed by atoms with Gasteiger partial charge >= 0.3 is 6.03 Å². The van der Waals surface area contributed by atoms with E-state index in [4.69, 9.17) is 5.73 Å². The van der Waals surface area contributed by atoms with Crippen LogP contribution in [0.25, 0.3) is 0 Å². The second kappa shape index (κ2) is 8.05. The van der Waals surface area contributed by atoms with Crippen molar-refractivity contribution >= 4 is 17.7 Å². The van der Waals surface area contributed by atoms with E-state index in [9.17, 15) is 4.79 Å². The molecule has 0 saturated carbocycles. The summed E-state index contributed by atoms with van der Waals surface area (Å²) in [4.78, 5) is 19.3. The Morgan fingerprint density at radius 3 is 2.78 bits per heavy atom. The van der Waals surface area contributed by atoms with Crippen LogP contribution in [0.4, 0.5) is 10.5 Å². The van der Waals surface area contributed by atoms with Gasteiger partial charge in [0.15, 0.2) is 0 Å². The molecule has 2 amide bonds. The van der Waals surface area contributed by atoms with Crippen molar-refractivity contribution in [2.75, 3.05) is 6.54 Å². The summed E-state index contributed by atoms with van der Waals surface area (Å²) in [5.74, 6) is 0.0641. The number of hydrogen-bond acceptors (Lipinski definition) is 3. The van der Waals surface area contributed by atoms with Gasteiger partial charge in [0.05, 0.1) is 5.69 Å². The minimum Gasteiger partial charge on any atom is -0.369 e. The molecule has 0 spiro atoms. The average Bonchev–Trinajstić information content (AvgIpc) is 2.35. The van der Waals surface area contributed by atoms with E-state index >= 15 is 0 Å². The highest BCUT2D eigenvalue weighted by Crippen LogP contribution is 2.06. The third-order valence-corrected chi connectivity index (χ3v) is 2.22. The lowest BCUT2D eigenvalue weighted by atomic mass is 10.2. The first-order valence-electron chi connectivity index (χ1n) is 6.01. The Labute approximate surface area is 107 Å². The number of amides is 2. The molecular formula is C12H19N5O.